The number of hydrogen-bond acceptors (Lipinski definition) is 3. The number of nitriles is 1. The van der Waals surface area contributed by atoms with E-state index in [1.165, 1.54) is 18.2 Å². The second-order valence-corrected chi connectivity index (χ2v) is 4.53. The molecule has 0 spiro atoms. The second kappa shape index (κ2) is 6.18. The molecule has 2 rings (SSSR count). The van der Waals surface area contributed by atoms with Gasteiger partial charge in [-0.1, -0.05) is 18.2 Å². The second-order valence-electron chi connectivity index (χ2n) is 4.53. The van der Waals surface area contributed by atoms with Gasteiger partial charge >= 0.3 is 0 Å². The van der Waals surface area contributed by atoms with E-state index in [-0.39, 0.29) is 18.5 Å². The van der Waals surface area contributed by atoms with Gasteiger partial charge in [0.2, 0.25) is 0 Å². The normalized spacial score (nSPS) is 11.7. The summed E-state index contributed by atoms with van der Waals surface area (Å²) in [6, 6.07) is 13.3. The van der Waals surface area contributed by atoms with Gasteiger partial charge in [-0.2, -0.15) is 5.26 Å². The van der Waals surface area contributed by atoms with Crippen molar-refractivity contribution in [2.45, 2.75) is 19.6 Å². The monoisotopic (exact) mass is 270 g/mol. The van der Waals surface area contributed by atoms with Crippen LogP contribution in [0.3, 0.4) is 0 Å². The van der Waals surface area contributed by atoms with Crippen LogP contribution >= 0.6 is 0 Å². The lowest BCUT2D eigenvalue weighted by Gasteiger charge is -2.14. The van der Waals surface area contributed by atoms with Crippen molar-refractivity contribution < 1.29 is 9.13 Å². The summed E-state index contributed by atoms with van der Waals surface area (Å²) < 4.78 is 18.9. The number of ether oxygens (including phenoxy) is 1. The van der Waals surface area contributed by atoms with Crippen LogP contribution in [0.15, 0.2) is 42.5 Å². The first-order valence-corrected chi connectivity index (χ1v) is 6.27. The molecule has 0 aliphatic heterocycles. The fraction of sp³-hybridized carbons (Fsp3) is 0.188. The quantitative estimate of drug-likeness (QED) is 0.927. The summed E-state index contributed by atoms with van der Waals surface area (Å²) in [7, 11) is 0. The Labute approximate surface area is 117 Å². The molecule has 4 heteroatoms. The van der Waals surface area contributed by atoms with Gasteiger partial charge in [0, 0.05) is 17.2 Å². The molecule has 0 radical (unpaired) electrons. The van der Waals surface area contributed by atoms with E-state index in [4.69, 9.17) is 15.7 Å². The Morgan fingerprint density at radius 2 is 2.05 bits per heavy atom. The molecule has 0 aliphatic rings. The van der Waals surface area contributed by atoms with Crippen LogP contribution in [0.25, 0.3) is 0 Å². The molecule has 0 amide bonds. The van der Waals surface area contributed by atoms with Crippen LogP contribution in [0.4, 0.5) is 4.39 Å². The lowest BCUT2D eigenvalue weighted by Crippen LogP contribution is -2.08. The molecule has 0 unspecified atom stereocenters. The third kappa shape index (κ3) is 3.14. The Bertz CT molecular complexity index is 647. The van der Waals surface area contributed by atoms with Crippen LogP contribution in [-0.2, 0) is 6.61 Å². The van der Waals surface area contributed by atoms with Gasteiger partial charge in [0.05, 0.1) is 11.6 Å². The zero-order valence-corrected chi connectivity index (χ0v) is 11.1. The van der Waals surface area contributed by atoms with Gasteiger partial charge in [-0.05, 0) is 31.2 Å². The van der Waals surface area contributed by atoms with Crippen molar-refractivity contribution in [2.75, 3.05) is 0 Å². The minimum absolute atomic E-state index is 0.129. The third-order valence-electron chi connectivity index (χ3n) is 2.98. The standard InChI is InChI=1S/C16H15FN2O/c1-11(19)15-4-2-3-5-16(15)20-10-13-8-14(17)7-6-12(13)9-18/h2-8,11H,10,19H2,1H3/t11-/m0/s1. The SMILES string of the molecule is C[C@H](N)c1ccccc1OCc1cc(F)ccc1C#N. The van der Waals surface area contributed by atoms with Gasteiger partial charge < -0.3 is 10.5 Å². The van der Waals surface area contributed by atoms with E-state index >= 15 is 0 Å². The number of nitrogens with zero attached hydrogens (tertiary/aromatic N) is 1. The van der Waals surface area contributed by atoms with Crippen molar-refractivity contribution >= 4 is 0 Å². The van der Waals surface area contributed by atoms with E-state index < -0.39 is 0 Å². The third-order valence-corrected chi connectivity index (χ3v) is 2.98. The van der Waals surface area contributed by atoms with E-state index in [2.05, 4.69) is 0 Å². The Balaban J connectivity index is 2.22. The molecule has 0 aliphatic carbocycles. The molecular formula is C16H15FN2O. The molecule has 2 aromatic carbocycles. The summed E-state index contributed by atoms with van der Waals surface area (Å²) >= 11 is 0. The Morgan fingerprint density at radius 1 is 1.30 bits per heavy atom. The molecular weight excluding hydrogens is 255 g/mol. The molecule has 0 fully saturated rings. The van der Waals surface area contributed by atoms with Crippen molar-refractivity contribution in [2.24, 2.45) is 5.73 Å². The van der Waals surface area contributed by atoms with Gasteiger partial charge in [-0.3, -0.25) is 0 Å². The Morgan fingerprint density at radius 3 is 2.75 bits per heavy atom. The van der Waals surface area contributed by atoms with Crippen LogP contribution < -0.4 is 10.5 Å². The van der Waals surface area contributed by atoms with E-state index in [0.717, 1.165) is 5.56 Å². The minimum Gasteiger partial charge on any atom is -0.489 e. The van der Waals surface area contributed by atoms with Crippen LogP contribution in [0.1, 0.15) is 29.7 Å². The van der Waals surface area contributed by atoms with Crippen LogP contribution in [0.5, 0.6) is 5.75 Å². The highest BCUT2D eigenvalue weighted by Crippen LogP contribution is 2.24. The van der Waals surface area contributed by atoms with Crippen LogP contribution in [0.2, 0.25) is 0 Å². The average Bonchev–Trinajstić information content (AvgIpc) is 2.45. The molecule has 0 saturated carbocycles. The molecule has 0 saturated heterocycles. The first-order valence-electron chi connectivity index (χ1n) is 6.27. The Kier molecular flexibility index (Phi) is 4.34. The number of benzene rings is 2. The number of nitrogens with two attached hydrogens (primary N) is 1. The van der Waals surface area contributed by atoms with Crippen LogP contribution in [-0.4, -0.2) is 0 Å². The summed E-state index contributed by atoms with van der Waals surface area (Å²) in [5.74, 6) is 0.263. The van der Waals surface area contributed by atoms with Gasteiger partial charge in [-0.25, -0.2) is 4.39 Å². The summed E-state index contributed by atoms with van der Waals surface area (Å²) in [6.07, 6.45) is 0. The molecule has 3 nitrogen and oxygen atoms in total. The molecule has 2 N–H and O–H groups in total. The van der Waals surface area contributed by atoms with Crippen molar-refractivity contribution in [3.05, 3.63) is 65.0 Å². The topological polar surface area (TPSA) is 59.0 Å². The fourth-order valence-electron chi connectivity index (χ4n) is 1.93. The predicted octanol–water partition coefficient (Wildman–Crippen LogP) is 3.30. The van der Waals surface area contributed by atoms with Gasteiger partial charge in [0.15, 0.2) is 0 Å². The Hall–Kier alpha value is -2.38. The summed E-state index contributed by atoms with van der Waals surface area (Å²) in [5.41, 5.74) is 7.68. The first-order chi connectivity index (χ1) is 9.61. The molecule has 0 bridgehead atoms. The first kappa shape index (κ1) is 14.0. The largest absolute Gasteiger partial charge is 0.489 e. The van der Waals surface area contributed by atoms with E-state index in [0.29, 0.717) is 16.9 Å². The number of hydrogen-bond donors (Lipinski definition) is 1. The lowest BCUT2D eigenvalue weighted by atomic mass is 10.1. The van der Waals surface area contributed by atoms with Crippen molar-refractivity contribution in [1.82, 2.24) is 0 Å². The molecule has 2 aromatic rings. The molecule has 102 valence electrons. The lowest BCUT2D eigenvalue weighted by molar-refractivity contribution is 0.300. The highest BCUT2D eigenvalue weighted by molar-refractivity contribution is 5.39. The number of para-hydroxylation sites is 1. The summed E-state index contributed by atoms with van der Waals surface area (Å²) in [6.45, 7) is 2.00. The van der Waals surface area contributed by atoms with E-state index in [1.54, 1.807) is 0 Å². The van der Waals surface area contributed by atoms with Gasteiger partial charge in [0.25, 0.3) is 0 Å². The molecule has 0 aromatic heterocycles. The van der Waals surface area contributed by atoms with Crippen LogP contribution in [0, 0.1) is 17.1 Å². The average molecular weight is 270 g/mol. The van der Waals surface area contributed by atoms with E-state index in [9.17, 15) is 4.39 Å². The molecule has 0 heterocycles. The van der Waals surface area contributed by atoms with Crippen molar-refractivity contribution in [3.63, 3.8) is 0 Å². The maximum atomic E-state index is 13.2. The minimum atomic E-state index is -0.386. The summed E-state index contributed by atoms with van der Waals surface area (Å²) in [5, 5.41) is 9.00. The molecule has 20 heavy (non-hydrogen) atoms. The smallest absolute Gasteiger partial charge is 0.124 e. The van der Waals surface area contributed by atoms with Crippen molar-refractivity contribution in [1.29, 1.82) is 5.26 Å². The zero-order chi connectivity index (χ0) is 14.5. The fourth-order valence-corrected chi connectivity index (χ4v) is 1.93. The molecule has 1 atom stereocenters. The van der Waals surface area contributed by atoms with Crippen molar-refractivity contribution in [3.8, 4) is 11.8 Å². The highest BCUT2D eigenvalue weighted by atomic mass is 19.1. The van der Waals surface area contributed by atoms with Gasteiger partial charge in [-0.15, -0.1) is 0 Å². The van der Waals surface area contributed by atoms with Gasteiger partial charge in [0.1, 0.15) is 18.2 Å². The van der Waals surface area contributed by atoms with E-state index in [1.807, 2.05) is 37.3 Å². The predicted molar refractivity (Wildman–Crippen MR) is 74.5 cm³/mol. The number of halogens is 1. The summed E-state index contributed by atoms with van der Waals surface area (Å²) in [4.78, 5) is 0. The maximum Gasteiger partial charge on any atom is 0.124 e. The number of rotatable bonds is 4. The highest BCUT2D eigenvalue weighted by Gasteiger charge is 2.09. The maximum absolute atomic E-state index is 13.2. The zero-order valence-electron chi connectivity index (χ0n) is 11.1.